The second kappa shape index (κ2) is 3.55. The van der Waals surface area contributed by atoms with Crippen molar-refractivity contribution in [3.05, 3.63) is 35.1 Å². The van der Waals surface area contributed by atoms with Gasteiger partial charge >= 0.3 is 0 Å². The molecule has 58 valence electrons. The lowest BCUT2D eigenvalue weighted by Gasteiger charge is -1.93. The maximum Gasteiger partial charge on any atom is 0.140 e. The van der Waals surface area contributed by atoms with Crippen molar-refractivity contribution in [2.45, 2.75) is 6.92 Å². The molecule has 0 heterocycles. The molecule has 0 aliphatic carbocycles. The van der Waals surface area contributed by atoms with Gasteiger partial charge in [0, 0.05) is 0 Å². The third kappa shape index (κ3) is 1.62. The zero-order valence-electron chi connectivity index (χ0n) is 6.56. The molecular formula is C10H6FN. The second-order valence-corrected chi connectivity index (χ2v) is 2.18. The van der Waals surface area contributed by atoms with Crippen LogP contribution in [-0.4, -0.2) is 0 Å². The highest BCUT2D eigenvalue weighted by Gasteiger charge is 1.99. The molecule has 2 heteroatoms. The Morgan fingerprint density at radius 3 is 2.67 bits per heavy atom. The number of halogens is 1. The summed E-state index contributed by atoms with van der Waals surface area (Å²) in [6.07, 6.45) is 0. The lowest BCUT2D eigenvalue weighted by Crippen LogP contribution is -1.84. The summed E-state index contributed by atoms with van der Waals surface area (Å²) in [5.41, 5.74) is 0.644. The van der Waals surface area contributed by atoms with Crippen LogP contribution >= 0.6 is 0 Å². The smallest absolute Gasteiger partial charge is 0.140 e. The maximum absolute atomic E-state index is 13.0. The first-order valence-corrected chi connectivity index (χ1v) is 3.40. The fourth-order valence-electron chi connectivity index (χ4n) is 0.821. The van der Waals surface area contributed by atoms with Gasteiger partial charge in [0.25, 0.3) is 0 Å². The van der Waals surface area contributed by atoms with Crippen LogP contribution in [0.5, 0.6) is 0 Å². The lowest BCUT2D eigenvalue weighted by molar-refractivity contribution is 0.624. The highest BCUT2D eigenvalue weighted by molar-refractivity contribution is 5.40. The Morgan fingerprint density at radius 1 is 1.42 bits per heavy atom. The zero-order valence-corrected chi connectivity index (χ0v) is 6.56. The molecule has 1 aromatic carbocycles. The van der Waals surface area contributed by atoms with E-state index in [0.717, 1.165) is 0 Å². The van der Waals surface area contributed by atoms with Gasteiger partial charge < -0.3 is 0 Å². The van der Waals surface area contributed by atoms with Crippen molar-refractivity contribution >= 4 is 0 Å². The molecule has 0 unspecified atom stereocenters. The van der Waals surface area contributed by atoms with Crippen molar-refractivity contribution in [1.29, 1.82) is 5.26 Å². The van der Waals surface area contributed by atoms with Gasteiger partial charge in [-0.3, -0.25) is 0 Å². The summed E-state index contributed by atoms with van der Waals surface area (Å²) in [6.45, 7) is 1.64. The van der Waals surface area contributed by atoms with Crippen molar-refractivity contribution in [3.63, 3.8) is 0 Å². The van der Waals surface area contributed by atoms with Gasteiger partial charge in [-0.05, 0) is 25.1 Å². The number of benzene rings is 1. The van der Waals surface area contributed by atoms with Crippen LogP contribution in [0.15, 0.2) is 18.2 Å². The van der Waals surface area contributed by atoms with E-state index in [0.29, 0.717) is 11.1 Å². The van der Waals surface area contributed by atoms with Gasteiger partial charge in [-0.2, -0.15) is 5.26 Å². The molecule has 12 heavy (non-hydrogen) atoms. The van der Waals surface area contributed by atoms with E-state index < -0.39 is 5.82 Å². The molecular weight excluding hydrogens is 153 g/mol. The zero-order chi connectivity index (χ0) is 8.97. The number of hydrogen-bond donors (Lipinski definition) is 0. The molecule has 1 aromatic rings. The lowest BCUT2D eigenvalue weighted by atomic mass is 10.1. The van der Waals surface area contributed by atoms with Gasteiger partial charge in [-0.1, -0.05) is 5.92 Å². The highest BCUT2D eigenvalue weighted by atomic mass is 19.1. The molecule has 0 aromatic heterocycles. The van der Waals surface area contributed by atoms with Crippen LogP contribution in [0.1, 0.15) is 18.1 Å². The fourth-order valence-corrected chi connectivity index (χ4v) is 0.821. The molecule has 1 rings (SSSR count). The van der Waals surface area contributed by atoms with Crippen molar-refractivity contribution in [1.82, 2.24) is 0 Å². The van der Waals surface area contributed by atoms with Crippen LogP contribution in [0.3, 0.4) is 0 Å². The molecule has 0 spiro atoms. The summed E-state index contributed by atoms with van der Waals surface area (Å²) in [7, 11) is 0. The predicted molar refractivity (Wildman–Crippen MR) is 43.7 cm³/mol. The van der Waals surface area contributed by atoms with E-state index in [1.165, 1.54) is 12.1 Å². The molecule has 0 saturated carbocycles. The van der Waals surface area contributed by atoms with Gasteiger partial charge in [0.05, 0.1) is 17.2 Å². The summed E-state index contributed by atoms with van der Waals surface area (Å²) in [4.78, 5) is 0. The van der Waals surface area contributed by atoms with Crippen molar-refractivity contribution in [2.24, 2.45) is 0 Å². The standard InChI is InChI=1S/C10H6FN/c1-2-3-9-5-4-8(7-12)6-10(9)11/h4-6H,1H3. The normalized spacial score (nSPS) is 8.08. The second-order valence-electron chi connectivity index (χ2n) is 2.18. The van der Waals surface area contributed by atoms with Gasteiger partial charge in [-0.15, -0.1) is 5.92 Å². The Hall–Kier alpha value is -1.80. The molecule has 0 aliphatic rings. The summed E-state index contributed by atoms with van der Waals surface area (Å²) in [5.74, 6) is 4.74. The first-order chi connectivity index (χ1) is 5.77. The van der Waals surface area contributed by atoms with Gasteiger partial charge in [0.15, 0.2) is 0 Å². The summed E-state index contributed by atoms with van der Waals surface area (Å²) < 4.78 is 13.0. The van der Waals surface area contributed by atoms with Gasteiger partial charge in [0.2, 0.25) is 0 Å². The fraction of sp³-hybridized carbons (Fsp3) is 0.100. The SMILES string of the molecule is CC#Cc1ccc(C#N)cc1F. The molecule has 1 nitrogen and oxygen atoms in total. The summed E-state index contributed by atoms with van der Waals surface area (Å²) in [6, 6.07) is 6.08. The third-order valence-corrected chi connectivity index (χ3v) is 1.36. The molecule has 0 bridgehead atoms. The Bertz CT molecular complexity index is 391. The molecule has 0 radical (unpaired) electrons. The Morgan fingerprint density at radius 2 is 2.17 bits per heavy atom. The Balaban J connectivity index is 3.20. The van der Waals surface area contributed by atoms with Crippen molar-refractivity contribution in [2.75, 3.05) is 0 Å². The topological polar surface area (TPSA) is 23.8 Å². The van der Waals surface area contributed by atoms with Gasteiger partial charge in [0.1, 0.15) is 5.82 Å². The predicted octanol–water partition coefficient (Wildman–Crippen LogP) is 2.07. The number of nitrogens with zero attached hydrogens (tertiary/aromatic N) is 1. The van der Waals surface area contributed by atoms with Crippen LogP contribution in [-0.2, 0) is 0 Å². The molecule has 0 N–H and O–H groups in total. The molecule has 0 saturated heterocycles. The third-order valence-electron chi connectivity index (χ3n) is 1.36. The average Bonchev–Trinajstić information content (AvgIpc) is 2.09. The van der Waals surface area contributed by atoms with E-state index >= 15 is 0 Å². The molecule has 0 fully saturated rings. The van der Waals surface area contributed by atoms with E-state index in [9.17, 15) is 4.39 Å². The number of rotatable bonds is 0. The summed E-state index contributed by atoms with van der Waals surface area (Å²) in [5, 5.41) is 8.43. The number of hydrogen-bond acceptors (Lipinski definition) is 1. The van der Waals surface area contributed by atoms with Crippen LogP contribution < -0.4 is 0 Å². The number of nitriles is 1. The van der Waals surface area contributed by atoms with E-state index in [1.807, 2.05) is 6.07 Å². The molecule has 0 atom stereocenters. The minimum Gasteiger partial charge on any atom is -0.206 e. The van der Waals surface area contributed by atoms with E-state index in [-0.39, 0.29) is 0 Å². The average molecular weight is 159 g/mol. The Kier molecular flexibility index (Phi) is 2.46. The quantitative estimate of drug-likeness (QED) is 0.531. The largest absolute Gasteiger partial charge is 0.206 e. The Labute approximate surface area is 70.4 Å². The van der Waals surface area contributed by atoms with E-state index in [1.54, 1.807) is 13.0 Å². The van der Waals surface area contributed by atoms with Crippen LogP contribution in [0, 0.1) is 29.0 Å². The molecule has 0 aliphatic heterocycles. The summed E-state index contributed by atoms with van der Waals surface area (Å²) >= 11 is 0. The van der Waals surface area contributed by atoms with Crippen LogP contribution in [0.25, 0.3) is 0 Å². The minimum absolute atomic E-state index is 0.314. The molecule has 0 amide bonds. The van der Waals surface area contributed by atoms with Crippen molar-refractivity contribution in [3.8, 4) is 17.9 Å². The van der Waals surface area contributed by atoms with E-state index in [4.69, 9.17) is 5.26 Å². The monoisotopic (exact) mass is 159 g/mol. The first kappa shape index (κ1) is 8.30. The van der Waals surface area contributed by atoms with Crippen molar-refractivity contribution < 1.29 is 4.39 Å². The van der Waals surface area contributed by atoms with Crippen LogP contribution in [0.4, 0.5) is 4.39 Å². The minimum atomic E-state index is -0.441. The highest BCUT2D eigenvalue weighted by Crippen LogP contribution is 2.08. The first-order valence-electron chi connectivity index (χ1n) is 3.40. The van der Waals surface area contributed by atoms with Crippen LogP contribution in [0.2, 0.25) is 0 Å². The van der Waals surface area contributed by atoms with E-state index in [2.05, 4.69) is 11.8 Å². The van der Waals surface area contributed by atoms with Gasteiger partial charge in [-0.25, -0.2) is 4.39 Å². The maximum atomic E-state index is 13.0.